The average Bonchev–Trinajstić information content (AvgIpc) is 3.02. The van der Waals surface area contributed by atoms with E-state index in [9.17, 15) is 14.0 Å². The van der Waals surface area contributed by atoms with Crippen molar-refractivity contribution < 1.29 is 18.4 Å². The van der Waals surface area contributed by atoms with E-state index in [0.29, 0.717) is 0 Å². The third-order valence-corrected chi connectivity index (χ3v) is 3.13. The minimum atomic E-state index is -0.357. The van der Waals surface area contributed by atoms with Crippen LogP contribution >= 0.6 is 0 Å². The Hall–Kier alpha value is -2.63. The van der Waals surface area contributed by atoms with E-state index in [2.05, 4.69) is 10.6 Å². The molecule has 0 saturated heterocycles. The molecule has 22 heavy (non-hydrogen) atoms. The van der Waals surface area contributed by atoms with Crippen molar-refractivity contribution in [2.45, 2.75) is 19.4 Å². The Morgan fingerprint density at radius 3 is 2.59 bits per heavy atom. The first-order valence-corrected chi connectivity index (χ1v) is 6.93. The molecule has 5 nitrogen and oxygen atoms in total. The summed E-state index contributed by atoms with van der Waals surface area (Å²) in [5.74, 6) is -0.663. The van der Waals surface area contributed by atoms with Gasteiger partial charge in [-0.25, -0.2) is 4.39 Å². The molecule has 0 aliphatic heterocycles. The van der Waals surface area contributed by atoms with E-state index >= 15 is 0 Å². The minimum absolute atomic E-state index is 0.151. The van der Waals surface area contributed by atoms with Gasteiger partial charge >= 0.3 is 0 Å². The van der Waals surface area contributed by atoms with Crippen molar-refractivity contribution in [2.75, 3.05) is 6.54 Å². The van der Waals surface area contributed by atoms with Crippen LogP contribution in [0, 0.1) is 5.82 Å². The summed E-state index contributed by atoms with van der Waals surface area (Å²) in [6.45, 7) is 2.02. The van der Waals surface area contributed by atoms with E-state index in [1.54, 1.807) is 24.3 Å². The summed E-state index contributed by atoms with van der Waals surface area (Å²) >= 11 is 0. The number of nitrogens with one attached hydrogen (secondary N) is 2. The predicted molar refractivity (Wildman–Crippen MR) is 78.6 cm³/mol. The summed E-state index contributed by atoms with van der Waals surface area (Å²) in [4.78, 5) is 23.4. The SMILES string of the molecule is C[C@H](NC(=O)CCNC(=O)c1ccco1)c1ccc(F)cc1. The molecule has 0 radical (unpaired) electrons. The van der Waals surface area contributed by atoms with Crippen molar-refractivity contribution in [3.8, 4) is 0 Å². The molecular formula is C16H17FN2O3. The molecule has 0 saturated carbocycles. The van der Waals surface area contributed by atoms with Gasteiger partial charge in [0.15, 0.2) is 5.76 Å². The Kier molecular flexibility index (Phi) is 5.30. The highest BCUT2D eigenvalue weighted by Gasteiger charge is 2.11. The van der Waals surface area contributed by atoms with Gasteiger partial charge in [-0.05, 0) is 36.8 Å². The van der Waals surface area contributed by atoms with E-state index in [-0.39, 0.29) is 42.4 Å². The topological polar surface area (TPSA) is 71.3 Å². The first kappa shape index (κ1) is 15.8. The smallest absolute Gasteiger partial charge is 0.286 e. The van der Waals surface area contributed by atoms with Crippen molar-refractivity contribution in [1.29, 1.82) is 0 Å². The Bertz CT molecular complexity index is 623. The maximum absolute atomic E-state index is 12.8. The molecule has 1 aromatic heterocycles. The van der Waals surface area contributed by atoms with Crippen LogP contribution in [0.5, 0.6) is 0 Å². The number of furan rings is 1. The van der Waals surface area contributed by atoms with Crippen molar-refractivity contribution >= 4 is 11.8 Å². The van der Waals surface area contributed by atoms with Gasteiger partial charge in [0, 0.05) is 13.0 Å². The van der Waals surface area contributed by atoms with E-state index in [0.717, 1.165) is 5.56 Å². The van der Waals surface area contributed by atoms with Gasteiger partial charge in [-0.2, -0.15) is 0 Å². The number of halogens is 1. The number of carbonyl (C=O) groups excluding carboxylic acids is 2. The molecule has 1 heterocycles. The van der Waals surface area contributed by atoms with Crippen LogP contribution in [0.2, 0.25) is 0 Å². The molecule has 2 aromatic rings. The second-order valence-electron chi connectivity index (χ2n) is 4.82. The molecule has 0 aliphatic carbocycles. The number of hydrogen-bond acceptors (Lipinski definition) is 3. The number of benzene rings is 1. The zero-order valence-electron chi connectivity index (χ0n) is 12.1. The first-order valence-electron chi connectivity index (χ1n) is 6.93. The molecule has 2 rings (SSSR count). The summed E-state index contributed by atoms with van der Waals surface area (Å²) in [7, 11) is 0. The monoisotopic (exact) mass is 304 g/mol. The molecule has 2 amide bonds. The van der Waals surface area contributed by atoms with Crippen LogP contribution < -0.4 is 10.6 Å². The molecule has 2 N–H and O–H groups in total. The summed E-state index contributed by atoms with van der Waals surface area (Å²) in [6.07, 6.45) is 1.56. The average molecular weight is 304 g/mol. The largest absolute Gasteiger partial charge is 0.459 e. The number of carbonyl (C=O) groups is 2. The Balaban J connectivity index is 1.73. The van der Waals surface area contributed by atoms with Gasteiger partial charge in [0.25, 0.3) is 5.91 Å². The Morgan fingerprint density at radius 2 is 1.95 bits per heavy atom. The molecule has 0 bridgehead atoms. The molecule has 0 unspecified atom stereocenters. The summed E-state index contributed by atoms with van der Waals surface area (Å²) in [5, 5.41) is 5.38. The maximum atomic E-state index is 12.8. The van der Waals surface area contributed by atoms with Gasteiger partial charge in [-0.15, -0.1) is 0 Å². The predicted octanol–water partition coefficient (Wildman–Crippen LogP) is 2.42. The summed E-state index contributed by atoms with van der Waals surface area (Å²) in [5.41, 5.74) is 0.814. The minimum Gasteiger partial charge on any atom is -0.459 e. The van der Waals surface area contributed by atoms with Gasteiger partial charge in [0.1, 0.15) is 5.82 Å². The number of rotatable bonds is 6. The molecule has 0 spiro atoms. The number of hydrogen-bond donors (Lipinski definition) is 2. The fraction of sp³-hybridized carbons (Fsp3) is 0.250. The highest BCUT2D eigenvalue weighted by molar-refractivity contribution is 5.91. The second-order valence-corrected chi connectivity index (χ2v) is 4.82. The highest BCUT2D eigenvalue weighted by Crippen LogP contribution is 2.12. The van der Waals surface area contributed by atoms with Crippen LogP contribution in [-0.2, 0) is 4.79 Å². The molecule has 1 atom stereocenters. The lowest BCUT2D eigenvalue weighted by atomic mass is 10.1. The molecule has 1 aromatic carbocycles. The van der Waals surface area contributed by atoms with E-state index in [4.69, 9.17) is 4.42 Å². The fourth-order valence-electron chi connectivity index (χ4n) is 1.93. The zero-order valence-corrected chi connectivity index (χ0v) is 12.1. The van der Waals surface area contributed by atoms with Crippen LogP contribution in [0.1, 0.15) is 35.5 Å². The van der Waals surface area contributed by atoms with Gasteiger partial charge in [-0.3, -0.25) is 9.59 Å². The lowest BCUT2D eigenvalue weighted by molar-refractivity contribution is -0.121. The standard InChI is InChI=1S/C16H17FN2O3/c1-11(12-4-6-13(17)7-5-12)19-15(20)8-9-18-16(21)14-3-2-10-22-14/h2-7,10-11H,8-9H2,1H3,(H,18,21)(H,19,20)/t11-/m0/s1. The quantitative estimate of drug-likeness (QED) is 0.861. The Labute approximate surface area is 127 Å². The lowest BCUT2D eigenvalue weighted by Gasteiger charge is -2.14. The second kappa shape index (κ2) is 7.40. The lowest BCUT2D eigenvalue weighted by Crippen LogP contribution is -2.31. The summed E-state index contributed by atoms with van der Waals surface area (Å²) < 4.78 is 17.8. The number of amides is 2. The van der Waals surface area contributed by atoms with E-state index in [1.807, 2.05) is 6.92 Å². The molecule has 6 heteroatoms. The third kappa shape index (κ3) is 4.44. The first-order chi connectivity index (χ1) is 10.6. The van der Waals surface area contributed by atoms with Gasteiger partial charge in [0.05, 0.1) is 12.3 Å². The van der Waals surface area contributed by atoms with Crippen LogP contribution in [0.3, 0.4) is 0 Å². The van der Waals surface area contributed by atoms with Gasteiger partial charge < -0.3 is 15.1 Å². The molecule has 116 valence electrons. The van der Waals surface area contributed by atoms with Crippen LogP contribution in [0.15, 0.2) is 47.1 Å². The van der Waals surface area contributed by atoms with E-state index in [1.165, 1.54) is 18.4 Å². The van der Waals surface area contributed by atoms with E-state index < -0.39 is 0 Å². The van der Waals surface area contributed by atoms with Crippen LogP contribution in [-0.4, -0.2) is 18.4 Å². The zero-order chi connectivity index (χ0) is 15.9. The van der Waals surface area contributed by atoms with Gasteiger partial charge in [-0.1, -0.05) is 12.1 Å². The summed E-state index contributed by atoms with van der Waals surface area (Å²) in [6, 6.07) is 8.88. The Morgan fingerprint density at radius 1 is 1.23 bits per heavy atom. The van der Waals surface area contributed by atoms with Crippen molar-refractivity contribution in [3.63, 3.8) is 0 Å². The maximum Gasteiger partial charge on any atom is 0.286 e. The van der Waals surface area contributed by atoms with Crippen molar-refractivity contribution in [3.05, 3.63) is 59.8 Å². The van der Waals surface area contributed by atoms with Crippen LogP contribution in [0.4, 0.5) is 4.39 Å². The van der Waals surface area contributed by atoms with Crippen molar-refractivity contribution in [1.82, 2.24) is 10.6 Å². The molecular weight excluding hydrogens is 287 g/mol. The fourth-order valence-corrected chi connectivity index (χ4v) is 1.93. The van der Waals surface area contributed by atoms with Crippen LogP contribution in [0.25, 0.3) is 0 Å². The highest BCUT2D eigenvalue weighted by atomic mass is 19.1. The van der Waals surface area contributed by atoms with Gasteiger partial charge in [0.2, 0.25) is 5.91 Å². The normalized spacial score (nSPS) is 11.7. The van der Waals surface area contributed by atoms with Crippen molar-refractivity contribution in [2.24, 2.45) is 0 Å². The molecule has 0 aliphatic rings. The third-order valence-electron chi connectivity index (χ3n) is 3.13. The molecule has 0 fully saturated rings.